The Labute approximate surface area is 101 Å². The largest absolute Gasteiger partial charge is 0.383 e. The minimum absolute atomic E-state index is 0.0622. The second-order valence-corrected chi connectivity index (χ2v) is 3.67. The van der Waals surface area contributed by atoms with Crippen LogP contribution in [0.5, 0.6) is 0 Å². The molecule has 8 heteroatoms. The quantitative estimate of drug-likeness (QED) is 0.847. The number of anilines is 2. The van der Waals surface area contributed by atoms with Gasteiger partial charge in [0.2, 0.25) is 0 Å². The Balaban J connectivity index is 2.96. The van der Waals surface area contributed by atoms with Gasteiger partial charge in [-0.05, 0) is 6.07 Å². The van der Waals surface area contributed by atoms with Crippen LogP contribution in [-0.4, -0.2) is 37.3 Å². The highest BCUT2D eigenvalue weighted by atomic mass is 19.3. The third-order valence-corrected chi connectivity index (χ3v) is 2.10. The third kappa shape index (κ3) is 2.88. The van der Waals surface area contributed by atoms with Gasteiger partial charge >= 0.3 is 18.3 Å². The summed E-state index contributed by atoms with van der Waals surface area (Å²) < 4.78 is 49.5. The first-order valence-corrected chi connectivity index (χ1v) is 4.85. The van der Waals surface area contributed by atoms with Crippen LogP contribution in [0.1, 0.15) is 0 Å². The van der Waals surface area contributed by atoms with Gasteiger partial charge in [0.1, 0.15) is 0 Å². The molecule has 1 N–H and O–H groups in total. The number of carbonyl (C=O) groups excluding carboxylic acids is 1. The molecule has 0 radical (unpaired) electrons. The standard InChI is InChI=1S/C10H11F4N3O/c1-17(2)7-3-4-15-5-6(7)16-9(18)10(13,14)8(11)12/h3-5,8H,1-2H3,(H,16,18). The Bertz CT molecular complexity index is 437. The van der Waals surface area contributed by atoms with Crippen molar-refractivity contribution in [2.45, 2.75) is 12.3 Å². The molecule has 1 heterocycles. The Hall–Kier alpha value is -1.86. The molecule has 0 aliphatic rings. The summed E-state index contributed by atoms with van der Waals surface area (Å²) in [6, 6.07) is 1.45. The fraction of sp³-hybridized carbons (Fsp3) is 0.400. The van der Waals surface area contributed by atoms with E-state index in [-0.39, 0.29) is 5.69 Å². The van der Waals surface area contributed by atoms with E-state index in [9.17, 15) is 22.4 Å². The molecule has 0 unspecified atom stereocenters. The lowest BCUT2D eigenvalue weighted by molar-refractivity contribution is -0.163. The maximum Gasteiger partial charge on any atom is 0.383 e. The molecule has 0 aliphatic carbocycles. The van der Waals surface area contributed by atoms with E-state index in [0.29, 0.717) is 5.69 Å². The van der Waals surface area contributed by atoms with Gasteiger partial charge in [-0.2, -0.15) is 8.78 Å². The fourth-order valence-electron chi connectivity index (χ4n) is 1.18. The summed E-state index contributed by atoms with van der Waals surface area (Å²) in [6.45, 7) is 0. The van der Waals surface area contributed by atoms with E-state index in [1.54, 1.807) is 19.4 Å². The number of amides is 1. The molecular formula is C10H11F4N3O. The van der Waals surface area contributed by atoms with Crippen LogP contribution in [0.3, 0.4) is 0 Å². The summed E-state index contributed by atoms with van der Waals surface area (Å²) in [4.78, 5) is 16.2. The zero-order valence-electron chi connectivity index (χ0n) is 9.62. The first-order valence-electron chi connectivity index (χ1n) is 4.85. The SMILES string of the molecule is CN(C)c1ccncc1NC(=O)C(F)(F)C(F)F. The second-order valence-electron chi connectivity index (χ2n) is 3.67. The molecule has 0 aliphatic heterocycles. The van der Waals surface area contributed by atoms with Crippen molar-refractivity contribution < 1.29 is 22.4 Å². The van der Waals surface area contributed by atoms with E-state index in [1.165, 1.54) is 17.2 Å². The number of nitrogens with one attached hydrogen (secondary N) is 1. The van der Waals surface area contributed by atoms with E-state index in [2.05, 4.69) is 4.98 Å². The summed E-state index contributed by atoms with van der Waals surface area (Å²) in [5.74, 6) is -6.80. The predicted molar refractivity (Wildman–Crippen MR) is 58.1 cm³/mol. The molecule has 0 aromatic carbocycles. The number of halogens is 4. The highest BCUT2D eigenvalue weighted by Gasteiger charge is 2.49. The van der Waals surface area contributed by atoms with Gasteiger partial charge in [-0.3, -0.25) is 9.78 Å². The summed E-state index contributed by atoms with van der Waals surface area (Å²) in [7, 11) is 3.21. The van der Waals surface area contributed by atoms with Gasteiger partial charge in [-0.15, -0.1) is 0 Å². The lowest BCUT2D eigenvalue weighted by Crippen LogP contribution is -2.41. The number of nitrogens with zero attached hydrogens (tertiary/aromatic N) is 2. The summed E-state index contributed by atoms with van der Waals surface area (Å²) >= 11 is 0. The van der Waals surface area contributed by atoms with E-state index < -0.39 is 18.3 Å². The third-order valence-electron chi connectivity index (χ3n) is 2.10. The van der Waals surface area contributed by atoms with E-state index in [4.69, 9.17) is 0 Å². The van der Waals surface area contributed by atoms with E-state index in [1.807, 2.05) is 0 Å². The molecule has 100 valence electrons. The van der Waals surface area contributed by atoms with Gasteiger partial charge < -0.3 is 10.2 Å². The minimum Gasteiger partial charge on any atom is -0.376 e. The van der Waals surface area contributed by atoms with Gasteiger partial charge in [0.05, 0.1) is 17.6 Å². The average molecular weight is 265 g/mol. The van der Waals surface area contributed by atoms with Crippen LogP contribution in [-0.2, 0) is 4.79 Å². The Morgan fingerprint density at radius 1 is 1.44 bits per heavy atom. The topological polar surface area (TPSA) is 45.2 Å². The minimum atomic E-state index is -4.74. The zero-order valence-corrected chi connectivity index (χ0v) is 9.62. The Kier molecular flexibility index (Phi) is 4.10. The fourth-order valence-corrected chi connectivity index (χ4v) is 1.18. The van der Waals surface area contributed by atoms with Crippen LogP contribution in [0, 0.1) is 0 Å². The van der Waals surface area contributed by atoms with Crippen molar-refractivity contribution in [2.24, 2.45) is 0 Å². The number of hydrogen-bond donors (Lipinski definition) is 1. The van der Waals surface area contributed by atoms with Crippen molar-refractivity contribution >= 4 is 17.3 Å². The number of alkyl halides is 4. The predicted octanol–water partition coefficient (Wildman–Crippen LogP) is 1.99. The normalized spacial score (nSPS) is 11.5. The molecule has 0 saturated heterocycles. The number of aromatic nitrogens is 1. The molecule has 0 saturated carbocycles. The van der Waals surface area contributed by atoms with Crippen molar-refractivity contribution in [1.82, 2.24) is 4.98 Å². The van der Waals surface area contributed by atoms with Crippen LogP contribution in [0.2, 0.25) is 0 Å². The van der Waals surface area contributed by atoms with Crippen LogP contribution >= 0.6 is 0 Å². The number of pyridine rings is 1. The van der Waals surface area contributed by atoms with E-state index in [0.717, 1.165) is 6.20 Å². The first-order chi connectivity index (χ1) is 8.26. The monoisotopic (exact) mass is 265 g/mol. The average Bonchev–Trinajstić information content (AvgIpc) is 2.29. The number of rotatable bonds is 4. The first kappa shape index (κ1) is 14.2. The van der Waals surface area contributed by atoms with Gasteiger partial charge in [-0.25, -0.2) is 8.78 Å². The molecular weight excluding hydrogens is 254 g/mol. The van der Waals surface area contributed by atoms with Gasteiger partial charge in [0, 0.05) is 20.3 Å². The van der Waals surface area contributed by atoms with Crippen molar-refractivity contribution in [3.8, 4) is 0 Å². The molecule has 1 aromatic heterocycles. The Morgan fingerprint density at radius 3 is 2.56 bits per heavy atom. The maximum atomic E-state index is 12.8. The summed E-state index contributed by atoms with van der Waals surface area (Å²) in [5.41, 5.74) is 0.316. The van der Waals surface area contributed by atoms with Crippen LogP contribution < -0.4 is 10.2 Å². The van der Waals surface area contributed by atoms with Gasteiger partial charge in [-0.1, -0.05) is 0 Å². The maximum absolute atomic E-state index is 12.8. The van der Waals surface area contributed by atoms with Crippen molar-refractivity contribution in [3.05, 3.63) is 18.5 Å². The van der Waals surface area contributed by atoms with Crippen LogP contribution in [0.25, 0.3) is 0 Å². The van der Waals surface area contributed by atoms with Crippen molar-refractivity contribution in [2.75, 3.05) is 24.3 Å². The number of carbonyl (C=O) groups is 1. The van der Waals surface area contributed by atoms with Crippen LogP contribution in [0.15, 0.2) is 18.5 Å². The van der Waals surface area contributed by atoms with Crippen LogP contribution in [0.4, 0.5) is 28.9 Å². The second kappa shape index (κ2) is 5.19. The molecule has 0 fully saturated rings. The van der Waals surface area contributed by atoms with Crippen molar-refractivity contribution in [1.29, 1.82) is 0 Å². The highest BCUT2D eigenvalue weighted by Crippen LogP contribution is 2.27. The van der Waals surface area contributed by atoms with Gasteiger partial charge in [0.25, 0.3) is 0 Å². The van der Waals surface area contributed by atoms with Gasteiger partial charge in [0.15, 0.2) is 0 Å². The number of hydrogen-bond acceptors (Lipinski definition) is 3. The molecule has 18 heavy (non-hydrogen) atoms. The smallest absolute Gasteiger partial charge is 0.376 e. The lowest BCUT2D eigenvalue weighted by Gasteiger charge is -2.19. The molecule has 1 amide bonds. The summed E-state index contributed by atoms with van der Waals surface area (Å²) in [6.07, 6.45) is -1.57. The van der Waals surface area contributed by atoms with E-state index >= 15 is 0 Å². The zero-order chi connectivity index (χ0) is 13.9. The molecule has 0 atom stereocenters. The highest BCUT2D eigenvalue weighted by molar-refractivity contribution is 5.98. The summed E-state index contributed by atoms with van der Waals surface area (Å²) in [5, 5.41) is 1.74. The van der Waals surface area contributed by atoms with Crippen molar-refractivity contribution in [3.63, 3.8) is 0 Å². The molecule has 0 spiro atoms. The molecule has 4 nitrogen and oxygen atoms in total. The molecule has 1 rings (SSSR count). The Morgan fingerprint density at radius 2 is 2.06 bits per heavy atom. The lowest BCUT2D eigenvalue weighted by atomic mass is 10.2. The molecule has 0 bridgehead atoms. The molecule has 1 aromatic rings.